The predicted octanol–water partition coefficient (Wildman–Crippen LogP) is 3.14. The van der Waals surface area contributed by atoms with Crippen molar-refractivity contribution in [3.8, 4) is 5.75 Å². The molecular formula is C11H9ClN2O. The Morgan fingerprint density at radius 3 is 2.67 bits per heavy atom. The Hall–Kier alpha value is -1.74. The van der Waals surface area contributed by atoms with Crippen LogP contribution in [-0.4, -0.2) is 4.98 Å². The van der Waals surface area contributed by atoms with Crippen LogP contribution in [0.3, 0.4) is 0 Å². The fraction of sp³-hybridized carbons (Fsp3) is 0. The quantitative estimate of drug-likeness (QED) is 0.807. The highest BCUT2D eigenvalue weighted by molar-refractivity contribution is 6.33. The molecule has 0 saturated heterocycles. The summed E-state index contributed by atoms with van der Waals surface area (Å²) in [4.78, 5) is 9.23. The van der Waals surface area contributed by atoms with Gasteiger partial charge in [0.2, 0.25) is 0 Å². The standard InChI is InChI=1S/C11H9ClN2O/c12-10-6-7-13-8-11(10)14-15-9-4-2-1-3-5-9/h1-8,14H. The van der Waals surface area contributed by atoms with Crippen molar-refractivity contribution < 1.29 is 4.84 Å². The molecule has 1 heterocycles. The fourth-order valence-electron chi connectivity index (χ4n) is 1.06. The zero-order valence-electron chi connectivity index (χ0n) is 7.85. The van der Waals surface area contributed by atoms with Gasteiger partial charge in [-0.3, -0.25) is 4.98 Å². The molecule has 1 aromatic heterocycles. The maximum absolute atomic E-state index is 5.91. The molecule has 76 valence electrons. The molecule has 0 aliphatic heterocycles. The van der Waals surface area contributed by atoms with Crippen LogP contribution in [0.2, 0.25) is 5.02 Å². The first kappa shape index (κ1) is 9.80. The lowest BCUT2D eigenvalue weighted by Gasteiger charge is -2.08. The lowest BCUT2D eigenvalue weighted by molar-refractivity contribution is 0.405. The van der Waals surface area contributed by atoms with Crippen molar-refractivity contribution in [2.75, 3.05) is 5.48 Å². The molecule has 0 saturated carbocycles. The molecule has 0 fully saturated rings. The van der Waals surface area contributed by atoms with Crippen molar-refractivity contribution in [1.82, 2.24) is 4.98 Å². The van der Waals surface area contributed by atoms with E-state index in [9.17, 15) is 0 Å². The van der Waals surface area contributed by atoms with E-state index in [1.54, 1.807) is 18.5 Å². The highest BCUT2D eigenvalue weighted by Crippen LogP contribution is 2.19. The van der Waals surface area contributed by atoms with Crippen LogP contribution in [0.1, 0.15) is 0 Å². The molecule has 1 aromatic carbocycles. The minimum absolute atomic E-state index is 0.570. The maximum atomic E-state index is 5.91. The van der Waals surface area contributed by atoms with Crippen LogP contribution in [0, 0.1) is 0 Å². The molecule has 0 aliphatic rings. The smallest absolute Gasteiger partial charge is 0.155 e. The van der Waals surface area contributed by atoms with Gasteiger partial charge in [0.25, 0.3) is 0 Å². The van der Waals surface area contributed by atoms with Gasteiger partial charge in [-0.15, -0.1) is 0 Å². The van der Waals surface area contributed by atoms with E-state index in [0.717, 1.165) is 5.75 Å². The average Bonchev–Trinajstić information content (AvgIpc) is 2.29. The number of nitrogens with zero attached hydrogens (tertiary/aromatic N) is 1. The van der Waals surface area contributed by atoms with E-state index in [0.29, 0.717) is 10.7 Å². The number of pyridine rings is 1. The summed E-state index contributed by atoms with van der Waals surface area (Å²) < 4.78 is 0. The van der Waals surface area contributed by atoms with Crippen LogP contribution in [0.25, 0.3) is 0 Å². The molecule has 0 aliphatic carbocycles. The second kappa shape index (κ2) is 4.66. The monoisotopic (exact) mass is 220 g/mol. The number of para-hydroxylation sites is 1. The highest BCUT2D eigenvalue weighted by Gasteiger charge is 1.98. The molecule has 0 atom stereocenters. The molecule has 0 amide bonds. The molecule has 4 heteroatoms. The van der Waals surface area contributed by atoms with Crippen molar-refractivity contribution in [3.05, 3.63) is 53.8 Å². The minimum atomic E-state index is 0.570. The van der Waals surface area contributed by atoms with Gasteiger partial charge in [-0.25, -0.2) is 5.48 Å². The maximum Gasteiger partial charge on any atom is 0.155 e. The largest absolute Gasteiger partial charge is 0.382 e. The Morgan fingerprint density at radius 1 is 1.13 bits per heavy atom. The predicted molar refractivity (Wildman–Crippen MR) is 59.9 cm³/mol. The van der Waals surface area contributed by atoms with Gasteiger partial charge in [0, 0.05) is 6.20 Å². The third kappa shape index (κ3) is 2.60. The number of halogens is 1. The number of rotatable bonds is 3. The SMILES string of the molecule is Clc1ccncc1NOc1ccccc1. The van der Waals surface area contributed by atoms with Gasteiger partial charge in [-0.05, 0) is 18.2 Å². The van der Waals surface area contributed by atoms with Crippen molar-refractivity contribution >= 4 is 17.3 Å². The van der Waals surface area contributed by atoms with E-state index in [4.69, 9.17) is 16.4 Å². The summed E-state index contributed by atoms with van der Waals surface area (Å²) in [6.07, 6.45) is 3.22. The van der Waals surface area contributed by atoms with E-state index >= 15 is 0 Å². The minimum Gasteiger partial charge on any atom is -0.382 e. The molecule has 2 aromatic rings. The van der Waals surface area contributed by atoms with Gasteiger partial charge < -0.3 is 4.84 Å². The van der Waals surface area contributed by atoms with Crippen LogP contribution in [0.4, 0.5) is 5.69 Å². The van der Waals surface area contributed by atoms with Crippen LogP contribution in [-0.2, 0) is 0 Å². The zero-order chi connectivity index (χ0) is 10.5. The first-order valence-corrected chi connectivity index (χ1v) is 4.81. The van der Waals surface area contributed by atoms with Gasteiger partial charge in [0.1, 0.15) is 5.69 Å². The molecule has 0 bridgehead atoms. The van der Waals surface area contributed by atoms with Gasteiger partial charge in [0.05, 0.1) is 11.2 Å². The lowest BCUT2D eigenvalue weighted by atomic mass is 10.3. The van der Waals surface area contributed by atoms with Crippen molar-refractivity contribution in [3.63, 3.8) is 0 Å². The molecule has 0 radical (unpaired) electrons. The average molecular weight is 221 g/mol. The van der Waals surface area contributed by atoms with E-state index in [2.05, 4.69) is 10.5 Å². The van der Waals surface area contributed by atoms with E-state index in [1.807, 2.05) is 30.3 Å². The van der Waals surface area contributed by atoms with E-state index in [-0.39, 0.29) is 0 Å². The Bertz CT molecular complexity index is 434. The summed E-state index contributed by atoms with van der Waals surface area (Å²) in [5.74, 6) is 0.720. The summed E-state index contributed by atoms with van der Waals surface area (Å²) in [5.41, 5.74) is 3.38. The number of hydrogen-bond donors (Lipinski definition) is 1. The number of benzene rings is 1. The second-order valence-electron chi connectivity index (χ2n) is 2.87. The van der Waals surface area contributed by atoms with Crippen LogP contribution < -0.4 is 10.3 Å². The Labute approximate surface area is 92.6 Å². The number of aromatic nitrogens is 1. The van der Waals surface area contributed by atoms with Crippen molar-refractivity contribution in [2.24, 2.45) is 0 Å². The molecule has 2 rings (SSSR count). The topological polar surface area (TPSA) is 34.2 Å². The molecule has 0 spiro atoms. The fourth-order valence-corrected chi connectivity index (χ4v) is 1.20. The summed E-state index contributed by atoms with van der Waals surface area (Å²) in [6.45, 7) is 0. The van der Waals surface area contributed by atoms with Crippen LogP contribution in [0.5, 0.6) is 5.75 Å². The van der Waals surface area contributed by atoms with Crippen LogP contribution in [0.15, 0.2) is 48.8 Å². The van der Waals surface area contributed by atoms with Crippen LogP contribution >= 0.6 is 11.6 Å². The number of nitrogens with one attached hydrogen (secondary N) is 1. The second-order valence-corrected chi connectivity index (χ2v) is 3.28. The summed E-state index contributed by atoms with van der Waals surface area (Å²) in [5, 5.41) is 0.570. The summed E-state index contributed by atoms with van der Waals surface area (Å²) in [7, 11) is 0. The first-order valence-electron chi connectivity index (χ1n) is 4.43. The lowest BCUT2D eigenvalue weighted by Crippen LogP contribution is -2.05. The number of hydrogen-bond acceptors (Lipinski definition) is 3. The first-order chi connectivity index (χ1) is 7.36. The third-order valence-electron chi connectivity index (χ3n) is 1.79. The van der Waals surface area contributed by atoms with Crippen molar-refractivity contribution in [1.29, 1.82) is 0 Å². The van der Waals surface area contributed by atoms with Crippen molar-refractivity contribution in [2.45, 2.75) is 0 Å². The molecule has 1 N–H and O–H groups in total. The Balaban J connectivity index is 2.03. The molecule has 0 unspecified atom stereocenters. The summed E-state index contributed by atoms with van der Waals surface area (Å²) in [6, 6.07) is 11.1. The highest BCUT2D eigenvalue weighted by atomic mass is 35.5. The number of anilines is 1. The third-order valence-corrected chi connectivity index (χ3v) is 2.12. The molecular weight excluding hydrogens is 212 g/mol. The normalized spacial score (nSPS) is 9.67. The summed E-state index contributed by atoms with van der Waals surface area (Å²) >= 11 is 5.91. The van der Waals surface area contributed by atoms with Gasteiger partial charge in [0.15, 0.2) is 5.75 Å². The van der Waals surface area contributed by atoms with E-state index in [1.165, 1.54) is 0 Å². The zero-order valence-corrected chi connectivity index (χ0v) is 8.61. The van der Waals surface area contributed by atoms with E-state index < -0.39 is 0 Å². The van der Waals surface area contributed by atoms with Gasteiger partial charge in [-0.1, -0.05) is 29.8 Å². The Kier molecular flexibility index (Phi) is 3.05. The molecule has 15 heavy (non-hydrogen) atoms. The Morgan fingerprint density at radius 2 is 1.93 bits per heavy atom. The molecule has 3 nitrogen and oxygen atoms in total. The van der Waals surface area contributed by atoms with Gasteiger partial charge >= 0.3 is 0 Å². The van der Waals surface area contributed by atoms with Gasteiger partial charge in [-0.2, -0.15) is 0 Å².